The molecule has 0 aliphatic carbocycles. The van der Waals surface area contributed by atoms with Crippen LogP contribution in [0, 0.1) is 17.8 Å². The van der Waals surface area contributed by atoms with Gasteiger partial charge >= 0.3 is 0 Å². The molecule has 2 aromatic carbocycles. The third-order valence-corrected chi connectivity index (χ3v) is 7.24. The maximum absolute atomic E-state index is 12.7. The van der Waals surface area contributed by atoms with E-state index in [4.69, 9.17) is 9.47 Å². The van der Waals surface area contributed by atoms with Crippen LogP contribution in [0.25, 0.3) is 0 Å². The highest BCUT2D eigenvalue weighted by Crippen LogP contribution is 2.31. The van der Waals surface area contributed by atoms with Crippen LogP contribution in [-0.4, -0.2) is 51.1 Å². The number of para-hydroxylation sites is 1. The van der Waals surface area contributed by atoms with Gasteiger partial charge in [0, 0.05) is 18.7 Å². The van der Waals surface area contributed by atoms with Gasteiger partial charge in [-0.1, -0.05) is 36.3 Å². The van der Waals surface area contributed by atoms with Gasteiger partial charge in [0.15, 0.2) is 5.69 Å². The fourth-order valence-electron chi connectivity index (χ4n) is 5.06. The molecule has 0 saturated carbocycles. The first-order valence-electron chi connectivity index (χ1n) is 13.3. The first-order valence-corrected chi connectivity index (χ1v) is 13.3. The molecule has 0 unspecified atom stereocenters. The fraction of sp³-hybridized carbons (Fsp3) is 0.433. The van der Waals surface area contributed by atoms with Gasteiger partial charge in [0.2, 0.25) is 5.91 Å². The van der Waals surface area contributed by atoms with Crippen LogP contribution < -0.4 is 4.74 Å². The van der Waals surface area contributed by atoms with Gasteiger partial charge in [0.1, 0.15) is 11.5 Å². The third kappa shape index (κ3) is 6.39. The second-order valence-corrected chi connectivity index (χ2v) is 10.1. The van der Waals surface area contributed by atoms with Crippen molar-refractivity contribution in [3.63, 3.8) is 0 Å². The molecule has 37 heavy (non-hydrogen) atoms. The Morgan fingerprint density at radius 3 is 2.51 bits per heavy atom. The monoisotopic (exact) mass is 498 g/mol. The van der Waals surface area contributed by atoms with E-state index in [-0.39, 0.29) is 30.1 Å². The molecule has 0 radical (unpaired) electrons. The summed E-state index contributed by atoms with van der Waals surface area (Å²) >= 11 is 0. The molecule has 0 spiro atoms. The molecule has 2 aliphatic heterocycles. The van der Waals surface area contributed by atoms with Gasteiger partial charge in [0.25, 0.3) is 0 Å². The highest BCUT2D eigenvalue weighted by atomic mass is 16.5. The molecule has 0 bridgehead atoms. The molecule has 4 atom stereocenters. The standard InChI is InChI=1S/C30H34N4O3/c1-22(20-28-16-17-29(37-28)23(2)30(35)33-18-6-7-19-33)34-21-25(31-32-34)13-10-24-11-14-27(15-12-24)36-26-8-4-3-5-9-26/h3-5,8-9,11-12,14-15,21-23,28-29H,6-7,16-20H2,1-2H3/t22-,23-,28+,29-/m1/s1. The smallest absolute Gasteiger partial charge is 0.228 e. The van der Waals surface area contributed by atoms with Crippen LogP contribution in [0.1, 0.15) is 63.3 Å². The number of carbonyl (C=O) groups is 1. The summed E-state index contributed by atoms with van der Waals surface area (Å²) in [6, 6.07) is 17.5. The zero-order chi connectivity index (χ0) is 25.6. The van der Waals surface area contributed by atoms with Crippen molar-refractivity contribution in [1.29, 1.82) is 0 Å². The van der Waals surface area contributed by atoms with E-state index in [1.54, 1.807) is 0 Å². The molecule has 2 aliphatic rings. The maximum atomic E-state index is 12.7. The van der Waals surface area contributed by atoms with Gasteiger partial charge in [-0.3, -0.25) is 4.79 Å². The van der Waals surface area contributed by atoms with Gasteiger partial charge in [-0.2, -0.15) is 0 Å². The summed E-state index contributed by atoms with van der Waals surface area (Å²) < 4.78 is 14.0. The Labute approximate surface area is 218 Å². The Morgan fingerprint density at radius 1 is 1.03 bits per heavy atom. The third-order valence-electron chi connectivity index (χ3n) is 7.24. The molecule has 3 heterocycles. The number of carbonyl (C=O) groups excluding carboxylic acids is 1. The molecule has 1 aromatic heterocycles. The van der Waals surface area contributed by atoms with Crippen molar-refractivity contribution < 1.29 is 14.3 Å². The number of aromatic nitrogens is 3. The summed E-state index contributed by atoms with van der Waals surface area (Å²) in [7, 11) is 0. The van der Waals surface area contributed by atoms with Gasteiger partial charge in [-0.05, 0) is 81.3 Å². The van der Waals surface area contributed by atoms with E-state index >= 15 is 0 Å². The molecule has 1 amide bonds. The number of amides is 1. The van der Waals surface area contributed by atoms with Crippen molar-refractivity contribution in [3.05, 3.63) is 72.1 Å². The number of hydrogen-bond acceptors (Lipinski definition) is 5. The highest BCUT2D eigenvalue weighted by molar-refractivity contribution is 5.79. The lowest BCUT2D eigenvalue weighted by Crippen LogP contribution is -2.38. The van der Waals surface area contributed by atoms with Crippen molar-refractivity contribution in [2.24, 2.45) is 5.92 Å². The lowest BCUT2D eigenvalue weighted by Gasteiger charge is -2.25. The van der Waals surface area contributed by atoms with Crippen molar-refractivity contribution in [1.82, 2.24) is 19.9 Å². The average Bonchev–Trinajstić information content (AvgIpc) is 3.70. The largest absolute Gasteiger partial charge is 0.457 e. The number of likely N-dealkylation sites (tertiary alicyclic amines) is 1. The Morgan fingerprint density at radius 2 is 1.76 bits per heavy atom. The summed E-state index contributed by atoms with van der Waals surface area (Å²) in [4.78, 5) is 14.7. The van der Waals surface area contributed by atoms with E-state index in [0.29, 0.717) is 5.69 Å². The first-order chi connectivity index (χ1) is 18.0. The van der Waals surface area contributed by atoms with Gasteiger partial charge < -0.3 is 14.4 Å². The van der Waals surface area contributed by atoms with Crippen molar-refractivity contribution >= 4 is 5.91 Å². The van der Waals surface area contributed by atoms with E-state index in [0.717, 1.165) is 62.3 Å². The Kier molecular flexibility index (Phi) is 7.86. The average molecular weight is 499 g/mol. The minimum Gasteiger partial charge on any atom is -0.457 e. The zero-order valence-corrected chi connectivity index (χ0v) is 21.5. The van der Waals surface area contributed by atoms with Crippen LogP contribution in [0.3, 0.4) is 0 Å². The Balaban J connectivity index is 1.12. The molecule has 5 rings (SSSR count). The van der Waals surface area contributed by atoms with Gasteiger partial charge in [-0.15, -0.1) is 5.10 Å². The minimum atomic E-state index is -0.0781. The number of hydrogen-bond donors (Lipinski definition) is 0. The summed E-state index contributed by atoms with van der Waals surface area (Å²) in [6.07, 6.45) is 6.99. The van der Waals surface area contributed by atoms with E-state index < -0.39 is 0 Å². The number of ether oxygens (including phenoxy) is 2. The van der Waals surface area contributed by atoms with Crippen molar-refractivity contribution in [2.75, 3.05) is 13.1 Å². The Hall–Kier alpha value is -3.63. The minimum absolute atomic E-state index is 0.00644. The fourth-order valence-corrected chi connectivity index (χ4v) is 5.06. The lowest BCUT2D eigenvalue weighted by atomic mass is 9.99. The molecule has 7 nitrogen and oxygen atoms in total. The molecule has 7 heteroatoms. The molecular formula is C30H34N4O3. The molecule has 3 aromatic rings. The molecule has 0 N–H and O–H groups in total. The van der Waals surface area contributed by atoms with Crippen LogP contribution in [0.5, 0.6) is 11.5 Å². The van der Waals surface area contributed by atoms with Crippen molar-refractivity contribution in [3.8, 4) is 23.3 Å². The molecular weight excluding hydrogens is 464 g/mol. The number of nitrogens with zero attached hydrogens (tertiary/aromatic N) is 4. The van der Waals surface area contributed by atoms with Crippen LogP contribution >= 0.6 is 0 Å². The van der Waals surface area contributed by atoms with Crippen LogP contribution in [-0.2, 0) is 9.53 Å². The lowest BCUT2D eigenvalue weighted by molar-refractivity contribution is -0.138. The van der Waals surface area contributed by atoms with E-state index in [1.807, 2.05) is 77.3 Å². The van der Waals surface area contributed by atoms with Gasteiger partial charge in [0.05, 0.1) is 30.4 Å². The first kappa shape index (κ1) is 25.0. The number of rotatable bonds is 7. The highest BCUT2D eigenvalue weighted by Gasteiger charge is 2.36. The predicted molar refractivity (Wildman–Crippen MR) is 141 cm³/mol. The quantitative estimate of drug-likeness (QED) is 0.418. The topological polar surface area (TPSA) is 69.5 Å². The molecule has 2 fully saturated rings. The van der Waals surface area contributed by atoms with Crippen molar-refractivity contribution in [2.45, 2.75) is 64.2 Å². The second kappa shape index (κ2) is 11.6. The summed E-state index contributed by atoms with van der Waals surface area (Å²) in [5.74, 6) is 7.98. The zero-order valence-electron chi connectivity index (χ0n) is 21.5. The van der Waals surface area contributed by atoms with Crippen LogP contribution in [0.4, 0.5) is 0 Å². The maximum Gasteiger partial charge on any atom is 0.228 e. The predicted octanol–water partition coefficient (Wildman–Crippen LogP) is 5.23. The van der Waals surface area contributed by atoms with Gasteiger partial charge in [-0.25, -0.2) is 4.68 Å². The molecule has 2 saturated heterocycles. The van der Waals surface area contributed by atoms with E-state index in [2.05, 4.69) is 29.1 Å². The summed E-state index contributed by atoms with van der Waals surface area (Å²) in [6.45, 7) is 5.92. The number of benzene rings is 2. The molecule has 192 valence electrons. The van der Waals surface area contributed by atoms with Crippen LogP contribution in [0.2, 0.25) is 0 Å². The second-order valence-electron chi connectivity index (χ2n) is 10.1. The normalized spacial score (nSPS) is 20.8. The SMILES string of the molecule is C[C@H](C[C@@H]1CC[C@H]([C@@H](C)C(=O)N2CCCC2)O1)n1cc(C#Cc2ccc(Oc3ccccc3)cc2)nn1. The van der Waals surface area contributed by atoms with Crippen LogP contribution in [0.15, 0.2) is 60.8 Å². The summed E-state index contributed by atoms with van der Waals surface area (Å²) in [5.41, 5.74) is 1.51. The van der Waals surface area contributed by atoms with E-state index in [1.165, 1.54) is 0 Å². The van der Waals surface area contributed by atoms with E-state index in [9.17, 15) is 4.79 Å². The summed E-state index contributed by atoms with van der Waals surface area (Å²) in [5, 5.41) is 8.53. The Bertz CT molecular complexity index is 1240.